The number of allylic oxidation sites excluding steroid dienone is 1. The molecule has 5 nitrogen and oxygen atoms in total. The maximum absolute atomic E-state index is 11.8. The summed E-state index contributed by atoms with van der Waals surface area (Å²) in [5.41, 5.74) is -0.544. The molecule has 0 aromatic heterocycles. The highest BCUT2D eigenvalue weighted by atomic mass is 16.6. The van der Waals surface area contributed by atoms with E-state index in [1.54, 1.807) is 27.8 Å². The number of rotatable bonds is 4. The molecule has 0 saturated heterocycles. The Balaban J connectivity index is 4.63. The zero-order chi connectivity index (χ0) is 16.0. The number of nitrogens with one attached hydrogen (secondary N) is 2. The summed E-state index contributed by atoms with van der Waals surface area (Å²) in [5, 5.41) is 5.12. The summed E-state index contributed by atoms with van der Waals surface area (Å²) in [5.74, 6) is -0.241. The van der Waals surface area contributed by atoms with E-state index in [9.17, 15) is 9.59 Å². The van der Waals surface area contributed by atoms with Gasteiger partial charge in [0.1, 0.15) is 11.6 Å². The molecule has 0 aromatic carbocycles. The molecule has 0 aliphatic rings. The van der Waals surface area contributed by atoms with Crippen molar-refractivity contribution in [2.75, 3.05) is 7.05 Å². The first-order valence-electron chi connectivity index (χ1n) is 6.83. The SMILES string of the molecule is CNC(=O)[C@H](C/C=C/C(C)(C)C)NC(=O)OC(C)(C)C. The number of carbonyl (C=O) groups is 2. The molecule has 0 aliphatic carbocycles. The van der Waals surface area contributed by atoms with Crippen molar-refractivity contribution in [3.63, 3.8) is 0 Å². The molecule has 0 heterocycles. The van der Waals surface area contributed by atoms with Crippen molar-refractivity contribution in [1.29, 1.82) is 0 Å². The van der Waals surface area contributed by atoms with Gasteiger partial charge in [0.15, 0.2) is 0 Å². The van der Waals surface area contributed by atoms with Crippen LogP contribution >= 0.6 is 0 Å². The molecule has 0 saturated carbocycles. The van der Waals surface area contributed by atoms with Crippen LogP contribution in [0.15, 0.2) is 12.2 Å². The van der Waals surface area contributed by atoms with Crippen molar-refractivity contribution >= 4 is 12.0 Å². The minimum Gasteiger partial charge on any atom is -0.444 e. The van der Waals surface area contributed by atoms with Crippen LogP contribution in [0.1, 0.15) is 48.0 Å². The summed E-state index contributed by atoms with van der Waals surface area (Å²) in [4.78, 5) is 23.5. The molecular weight excluding hydrogens is 256 g/mol. The van der Waals surface area contributed by atoms with Gasteiger partial charge in [-0.05, 0) is 32.6 Å². The lowest BCUT2D eigenvalue weighted by Gasteiger charge is -2.22. The Morgan fingerprint density at radius 3 is 2.10 bits per heavy atom. The fourth-order valence-electron chi connectivity index (χ4n) is 1.41. The number of hydrogen-bond acceptors (Lipinski definition) is 3. The Hall–Kier alpha value is -1.52. The van der Waals surface area contributed by atoms with Crippen LogP contribution in [0.5, 0.6) is 0 Å². The van der Waals surface area contributed by atoms with Gasteiger partial charge in [0, 0.05) is 7.05 Å². The van der Waals surface area contributed by atoms with Crippen molar-refractivity contribution in [3.8, 4) is 0 Å². The second-order valence-electron chi connectivity index (χ2n) is 6.82. The molecule has 0 radical (unpaired) electrons. The van der Waals surface area contributed by atoms with Gasteiger partial charge in [-0.1, -0.05) is 32.9 Å². The Morgan fingerprint density at radius 2 is 1.70 bits per heavy atom. The predicted molar refractivity (Wildman–Crippen MR) is 80.4 cm³/mol. The highest BCUT2D eigenvalue weighted by molar-refractivity contribution is 5.85. The Labute approximate surface area is 122 Å². The molecule has 20 heavy (non-hydrogen) atoms. The van der Waals surface area contributed by atoms with E-state index in [1.807, 2.05) is 12.2 Å². The van der Waals surface area contributed by atoms with E-state index in [0.29, 0.717) is 6.42 Å². The van der Waals surface area contributed by atoms with Crippen molar-refractivity contribution in [1.82, 2.24) is 10.6 Å². The van der Waals surface area contributed by atoms with Crippen LogP contribution in [-0.2, 0) is 9.53 Å². The third-order valence-electron chi connectivity index (χ3n) is 2.24. The molecule has 0 spiro atoms. The molecule has 0 bridgehead atoms. The summed E-state index contributed by atoms with van der Waals surface area (Å²) in [6.07, 6.45) is 3.75. The molecule has 0 fully saturated rings. The molecule has 0 aliphatic heterocycles. The smallest absolute Gasteiger partial charge is 0.408 e. The minimum atomic E-state index is -0.631. The predicted octanol–water partition coefficient (Wildman–Crippen LogP) is 2.62. The van der Waals surface area contributed by atoms with Gasteiger partial charge in [-0.25, -0.2) is 4.79 Å². The van der Waals surface area contributed by atoms with Gasteiger partial charge in [0.05, 0.1) is 0 Å². The fraction of sp³-hybridized carbons (Fsp3) is 0.733. The monoisotopic (exact) mass is 284 g/mol. The van der Waals surface area contributed by atoms with E-state index in [-0.39, 0.29) is 11.3 Å². The third kappa shape index (κ3) is 9.42. The summed E-state index contributed by atoms with van der Waals surface area (Å²) in [6, 6.07) is -0.631. The van der Waals surface area contributed by atoms with E-state index in [2.05, 4.69) is 31.4 Å². The highest BCUT2D eigenvalue weighted by Gasteiger charge is 2.22. The number of amides is 2. The quantitative estimate of drug-likeness (QED) is 0.780. The maximum atomic E-state index is 11.8. The van der Waals surface area contributed by atoms with Gasteiger partial charge >= 0.3 is 6.09 Å². The van der Waals surface area contributed by atoms with Crippen LogP contribution in [0.2, 0.25) is 0 Å². The Kier molecular flexibility index (Phi) is 6.76. The maximum Gasteiger partial charge on any atom is 0.408 e. The topological polar surface area (TPSA) is 67.4 Å². The highest BCUT2D eigenvalue weighted by Crippen LogP contribution is 2.15. The molecule has 116 valence electrons. The molecule has 5 heteroatoms. The summed E-state index contributed by atoms with van der Waals surface area (Å²) in [7, 11) is 1.54. The number of likely N-dealkylation sites (N-methyl/N-ethyl adjacent to an activating group) is 1. The average Bonchev–Trinajstić information content (AvgIpc) is 2.22. The van der Waals surface area contributed by atoms with E-state index < -0.39 is 17.7 Å². The van der Waals surface area contributed by atoms with Crippen molar-refractivity contribution < 1.29 is 14.3 Å². The van der Waals surface area contributed by atoms with Gasteiger partial charge in [-0.2, -0.15) is 0 Å². The van der Waals surface area contributed by atoms with Gasteiger partial charge in [0.2, 0.25) is 5.91 Å². The standard InChI is InChI=1S/C15H28N2O3/c1-14(2,3)10-8-9-11(12(18)16-7)17-13(19)20-15(4,5)6/h8,10-11H,9H2,1-7H3,(H,16,18)(H,17,19)/b10-8+/t11-/m0/s1. The van der Waals surface area contributed by atoms with E-state index >= 15 is 0 Å². The lowest BCUT2D eigenvalue weighted by Crippen LogP contribution is -2.47. The van der Waals surface area contributed by atoms with Crippen LogP contribution in [0.3, 0.4) is 0 Å². The summed E-state index contributed by atoms with van der Waals surface area (Å²) >= 11 is 0. The molecule has 0 rings (SSSR count). The van der Waals surface area contributed by atoms with Crippen LogP contribution in [0.4, 0.5) is 4.79 Å². The zero-order valence-corrected chi connectivity index (χ0v) is 13.7. The van der Waals surface area contributed by atoms with E-state index in [4.69, 9.17) is 4.74 Å². The van der Waals surface area contributed by atoms with Crippen LogP contribution < -0.4 is 10.6 Å². The van der Waals surface area contributed by atoms with Gasteiger partial charge in [-0.3, -0.25) is 4.79 Å². The van der Waals surface area contributed by atoms with Crippen LogP contribution in [0, 0.1) is 5.41 Å². The summed E-state index contributed by atoms with van der Waals surface area (Å²) < 4.78 is 5.16. The lowest BCUT2D eigenvalue weighted by molar-refractivity contribution is -0.122. The molecule has 1 atom stereocenters. The number of carbonyl (C=O) groups excluding carboxylic acids is 2. The van der Waals surface area contributed by atoms with Gasteiger partial charge in [0.25, 0.3) is 0 Å². The molecule has 0 unspecified atom stereocenters. The van der Waals surface area contributed by atoms with Crippen LogP contribution in [-0.4, -0.2) is 30.7 Å². The molecule has 2 N–H and O–H groups in total. The number of alkyl carbamates (subject to hydrolysis) is 1. The molecule has 2 amide bonds. The average molecular weight is 284 g/mol. The Bertz CT molecular complexity index is 362. The Morgan fingerprint density at radius 1 is 1.15 bits per heavy atom. The van der Waals surface area contributed by atoms with Crippen molar-refractivity contribution in [2.45, 2.75) is 59.6 Å². The normalized spacial score (nSPS) is 13.9. The first kappa shape index (κ1) is 18.5. The van der Waals surface area contributed by atoms with E-state index in [0.717, 1.165) is 0 Å². The molecule has 0 aromatic rings. The lowest BCUT2D eigenvalue weighted by atomic mass is 9.95. The number of hydrogen-bond donors (Lipinski definition) is 2. The van der Waals surface area contributed by atoms with Crippen molar-refractivity contribution in [3.05, 3.63) is 12.2 Å². The van der Waals surface area contributed by atoms with Gasteiger partial charge < -0.3 is 15.4 Å². The van der Waals surface area contributed by atoms with E-state index in [1.165, 1.54) is 0 Å². The molecular formula is C15H28N2O3. The second-order valence-corrected chi connectivity index (χ2v) is 6.82. The second kappa shape index (κ2) is 7.31. The largest absolute Gasteiger partial charge is 0.444 e. The van der Waals surface area contributed by atoms with Crippen LogP contribution in [0.25, 0.3) is 0 Å². The third-order valence-corrected chi connectivity index (χ3v) is 2.24. The zero-order valence-electron chi connectivity index (χ0n) is 13.7. The van der Waals surface area contributed by atoms with Gasteiger partial charge in [-0.15, -0.1) is 0 Å². The fourth-order valence-corrected chi connectivity index (χ4v) is 1.41. The number of ether oxygens (including phenoxy) is 1. The van der Waals surface area contributed by atoms with Crippen molar-refractivity contribution in [2.24, 2.45) is 5.41 Å². The first-order chi connectivity index (χ1) is 8.94. The first-order valence-corrected chi connectivity index (χ1v) is 6.83. The minimum absolute atomic E-state index is 0.0408. The summed E-state index contributed by atoms with van der Waals surface area (Å²) in [6.45, 7) is 11.5.